The summed E-state index contributed by atoms with van der Waals surface area (Å²) in [5.41, 5.74) is 0.361. The minimum atomic E-state index is -0.474. The van der Waals surface area contributed by atoms with Gasteiger partial charge in [-0.3, -0.25) is 4.98 Å². The molecule has 1 aromatic heterocycles. The molecule has 1 saturated heterocycles. The third-order valence-electron chi connectivity index (χ3n) is 3.48. The number of hydrogen-bond acceptors (Lipinski definition) is 6. The smallest absolute Gasteiger partial charge is 0.410 e. The molecule has 0 saturated carbocycles. The van der Waals surface area contributed by atoms with E-state index in [0.717, 1.165) is 30.1 Å². The molecular formula is C16H25N3O3S. The third kappa shape index (κ3) is 5.35. The minimum Gasteiger partial charge on any atom is -0.444 e. The zero-order valence-electron chi connectivity index (χ0n) is 14.2. The van der Waals surface area contributed by atoms with Gasteiger partial charge in [-0.1, -0.05) is 0 Å². The van der Waals surface area contributed by atoms with Crippen molar-refractivity contribution in [3.8, 4) is 0 Å². The first-order valence-electron chi connectivity index (χ1n) is 7.82. The fourth-order valence-electron chi connectivity index (χ4n) is 2.49. The Morgan fingerprint density at radius 3 is 2.83 bits per heavy atom. The van der Waals surface area contributed by atoms with Crippen molar-refractivity contribution in [3.05, 3.63) is 18.1 Å². The van der Waals surface area contributed by atoms with Gasteiger partial charge in [0, 0.05) is 18.9 Å². The summed E-state index contributed by atoms with van der Waals surface area (Å²) in [6, 6.07) is 0.0688. The molecule has 0 bridgehead atoms. The van der Waals surface area contributed by atoms with Gasteiger partial charge in [0.15, 0.2) is 0 Å². The van der Waals surface area contributed by atoms with Gasteiger partial charge in [-0.2, -0.15) is 0 Å². The Balaban J connectivity index is 1.86. The molecule has 128 valence electrons. The van der Waals surface area contributed by atoms with Crippen LogP contribution >= 0.6 is 11.8 Å². The number of nitrogens with zero attached hydrogens (tertiary/aromatic N) is 3. The topological polar surface area (TPSA) is 64.6 Å². The number of ether oxygens (including phenoxy) is 2. The molecule has 1 aromatic rings. The van der Waals surface area contributed by atoms with Crippen LogP contribution in [0.5, 0.6) is 0 Å². The number of amides is 1. The standard InChI is InChI=1S/C16H25N3O3S/c1-16(2,3)22-15(20)19-9-5-6-12(19)10-21-11-13-14(23-4)18-8-7-17-13/h7-8,12H,5-6,9-11H2,1-4H3/t12-/m1/s1. The quantitative estimate of drug-likeness (QED) is 0.768. The van der Waals surface area contributed by atoms with E-state index in [2.05, 4.69) is 9.97 Å². The highest BCUT2D eigenvalue weighted by Gasteiger charge is 2.32. The van der Waals surface area contributed by atoms with Crippen molar-refractivity contribution in [1.29, 1.82) is 0 Å². The van der Waals surface area contributed by atoms with E-state index in [0.29, 0.717) is 13.2 Å². The van der Waals surface area contributed by atoms with E-state index in [9.17, 15) is 4.79 Å². The Bertz CT molecular complexity index is 534. The number of carbonyl (C=O) groups excluding carboxylic acids is 1. The molecule has 0 aliphatic carbocycles. The van der Waals surface area contributed by atoms with Crippen LogP contribution in [-0.2, 0) is 16.1 Å². The largest absolute Gasteiger partial charge is 0.444 e. The molecule has 0 radical (unpaired) electrons. The summed E-state index contributed by atoms with van der Waals surface area (Å²) in [6.07, 6.45) is 6.98. The Kier molecular flexibility index (Phi) is 6.24. The van der Waals surface area contributed by atoms with Crippen molar-refractivity contribution < 1.29 is 14.3 Å². The maximum Gasteiger partial charge on any atom is 0.410 e. The molecular weight excluding hydrogens is 314 g/mol. The summed E-state index contributed by atoms with van der Waals surface area (Å²) in [4.78, 5) is 22.6. The second-order valence-corrected chi connectivity index (χ2v) is 7.29. The Morgan fingerprint density at radius 1 is 1.39 bits per heavy atom. The number of rotatable bonds is 5. The van der Waals surface area contributed by atoms with E-state index in [1.165, 1.54) is 0 Å². The molecule has 0 aromatic carbocycles. The van der Waals surface area contributed by atoms with Gasteiger partial charge in [-0.05, 0) is 39.9 Å². The Morgan fingerprint density at radius 2 is 2.13 bits per heavy atom. The lowest BCUT2D eigenvalue weighted by Gasteiger charge is -2.28. The van der Waals surface area contributed by atoms with Crippen LogP contribution < -0.4 is 0 Å². The average molecular weight is 339 g/mol. The van der Waals surface area contributed by atoms with Crippen LogP contribution in [0.1, 0.15) is 39.3 Å². The highest BCUT2D eigenvalue weighted by atomic mass is 32.2. The minimum absolute atomic E-state index is 0.0688. The first-order chi connectivity index (χ1) is 10.9. The van der Waals surface area contributed by atoms with Crippen LogP contribution in [0, 0.1) is 0 Å². The monoisotopic (exact) mass is 339 g/mol. The van der Waals surface area contributed by atoms with E-state index in [4.69, 9.17) is 9.47 Å². The predicted molar refractivity (Wildman–Crippen MR) is 89.4 cm³/mol. The van der Waals surface area contributed by atoms with Crippen LogP contribution in [0.15, 0.2) is 17.4 Å². The van der Waals surface area contributed by atoms with Gasteiger partial charge >= 0.3 is 6.09 Å². The van der Waals surface area contributed by atoms with Gasteiger partial charge in [0.1, 0.15) is 10.6 Å². The molecule has 6 nitrogen and oxygen atoms in total. The summed E-state index contributed by atoms with van der Waals surface area (Å²) in [5, 5.41) is 0.878. The van der Waals surface area contributed by atoms with Crippen molar-refractivity contribution in [3.63, 3.8) is 0 Å². The van der Waals surface area contributed by atoms with E-state index < -0.39 is 5.60 Å². The van der Waals surface area contributed by atoms with Gasteiger partial charge in [0.2, 0.25) is 0 Å². The summed E-state index contributed by atoms with van der Waals surface area (Å²) >= 11 is 1.55. The maximum absolute atomic E-state index is 12.2. The van der Waals surface area contributed by atoms with E-state index in [1.807, 2.05) is 27.0 Å². The van der Waals surface area contributed by atoms with Gasteiger partial charge in [-0.15, -0.1) is 11.8 Å². The van der Waals surface area contributed by atoms with Gasteiger partial charge in [0.05, 0.1) is 24.9 Å². The molecule has 0 unspecified atom stereocenters. The molecule has 7 heteroatoms. The second-order valence-electron chi connectivity index (χ2n) is 6.50. The lowest BCUT2D eigenvalue weighted by molar-refractivity contribution is 0.00833. The summed E-state index contributed by atoms with van der Waals surface area (Å²) < 4.78 is 11.3. The van der Waals surface area contributed by atoms with Crippen molar-refractivity contribution >= 4 is 17.9 Å². The molecule has 0 N–H and O–H groups in total. The molecule has 2 heterocycles. The molecule has 1 fully saturated rings. The van der Waals surface area contributed by atoms with Crippen LogP contribution in [0.4, 0.5) is 4.79 Å². The number of thioether (sulfide) groups is 1. The third-order valence-corrected chi connectivity index (χ3v) is 4.21. The zero-order chi connectivity index (χ0) is 16.9. The fraction of sp³-hybridized carbons (Fsp3) is 0.688. The van der Waals surface area contributed by atoms with Crippen LogP contribution in [-0.4, -0.2) is 52.0 Å². The molecule has 1 aliphatic heterocycles. The lowest BCUT2D eigenvalue weighted by atomic mass is 10.2. The maximum atomic E-state index is 12.2. The summed E-state index contributed by atoms with van der Waals surface area (Å²) in [7, 11) is 0. The Hall–Kier alpha value is -1.34. The van der Waals surface area contributed by atoms with Crippen molar-refractivity contribution in [2.75, 3.05) is 19.4 Å². The van der Waals surface area contributed by atoms with Crippen LogP contribution in [0.2, 0.25) is 0 Å². The first kappa shape index (κ1) is 18.0. The first-order valence-corrected chi connectivity index (χ1v) is 9.04. The highest BCUT2D eigenvalue weighted by molar-refractivity contribution is 7.98. The second kappa shape index (κ2) is 7.97. The normalized spacial score (nSPS) is 18.3. The van der Waals surface area contributed by atoms with Gasteiger partial charge in [-0.25, -0.2) is 9.78 Å². The van der Waals surface area contributed by atoms with Crippen molar-refractivity contribution in [2.24, 2.45) is 0 Å². The lowest BCUT2D eigenvalue weighted by Crippen LogP contribution is -2.41. The van der Waals surface area contributed by atoms with Crippen LogP contribution in [0.25, 0.3) is 0 Å². The molecule has 1 atom stereocenters. The van der Waals surface area contributed by atoms with Gasteiger partial charge in [0.25, 0.3) is 0 Å². The number of aromatic nitrogens is 2. The average Bonchev–Trinajstić information content (AvgIpc) is 2.94. The fourth-order valence-corrected chi connectivity index (χ4v) is 3.00. The summed E-state index contributed by atoms with van der Waals surface area (Å²) in [5.74, 6) is 0. The van der Waals surface area contributed by atoms with Crippen molar-refractivity contribution in [2.45, 2.75) is 56.9 Å². The number of hydrogen-bond donors (Lipinski definition) is 0. The van der Waals surface area contributed by atoms with E-state index in [1.54, 1.807) is 29.1 Å². The number of carbonyl (C=O) groups is 1. The van der Waals surface area contributed by atoms with Crippen molar-refractivity contribution in [1.82, 2.24) is 14.9 Å². The van der Waals surface area contributed by atoms with Crippen LogP contribution in [0.3, 0.4) is 0 Å². The molecule has 2 rings (SSSR count). The summed E-state index contributed by atoms with van der Waals surface area (Å²) in [6.45, 7) is 7.26. The van der Waals surface area contributed by atoms with E-state index in [-0.39, 0.29) is 12.1 Å². The SMILES string of the molecule is CSc1nccnc1COC[C@H]1CCCN1C(=O)OC(C)(C)C. The number of likely N-dealkylation sites (tertiary alicyclic amines) is 1. The molecule has 0 spiro atoms. The molecule has 1 amide bonds. The molecule has 1 aliphatic rings. The Labute approximate surface area is 142 Å². The zero-order valence-corrected chi connectivity index (χ0v) is 15.1. The van der Waals surface area contributed by atoms with E-state index >= 15 is 0 Å². The highest BCUT2D eigenvalue weighted by Crippen LogP contribution is 2.22. The van der Waals surface area contributed by atoms with Gasteiger partial charge < -0.3 is 14.4 Å². The molecule has 23 heavy (non-hydrogen) atoms. The predicted octanol–water partition coefficient (Wildman–Crippen LogP) is 3.11.